The molecule has 7 heteroatoms. The third-order valence-electron chi connectivity index (χ3n) is 4.44. The van der Waals surface area contributed by atoms with Crippen molar-refractivity contribution in [3.63, 3.8) is 0 Å². The van der Waals surface area contributed by atoms with E-state index in [1.54, 1.807) is 6.33 Å². The minimum atomic E-state index is 0.367. The van der Waals surface area contributed by atoms with Crippen LogP contribution in [0.25, 0.3) is 33.5 Å². The van der Waals surface area contributed by atoms with Crippen LogP contribution in [0.3, 0.4) is 0 Å². The highest BCUT2D eigenvalue weighted by atomic mass is 15.1. The highest BCUT2D eigenvalue weighted by Crippen LogP contribution is 2.25. The van der Waals surface area contributed by atoms with Crippen molar-refractivity contribution in [2.24, 2.45) is 0 Å². The second-order valence-electron chi connectivity index (χ2n) is 6.18. The summed E-state index contributed by atoms with van der Waals surface area (Å²) < 4.78 is 1.92. The average Bonchev–Trinajstić information content (AvgIpc) is 3.12. The van der Waals surface area contributed by atoms with Crippen LogP contribution >= 0.6 is 0 Å². The maximum Gasteiger partial charge on any atom is 0.165 e. The van der Waals surface area contributed by atoms with Crippen LogP contribution in [0.15, 0.2) is 67.3 Å². The summed E-state index contributed by atoms with van der Waals surface area (Å²) in [6.07, 6.45) is 3.15. The lowest BCUT2D eigenvalue weighted by Crippen LogP contribution is -2.06. The van der Waals surface area contributed by atoms with E-state index in [0.29, 0.717) is 23.5 Å². The van der Waals surface area contributed by atoms with E-state index in [2.05, 4.69) is 15.0 Å². The monoisotopic (exact) mass is 353 g/mol. The number of hydrogen-bond donors (Lipinski definition) is 1. The molecule has 0 unspecified atom stereocenters. The standard InChI is InChI=1S/C20H15N7/c21-19-18-20(23-11-22-19)27(12-24-18)10-16-17(13-6-2-1-3-7-13)26-15-9-5-4-8-14(15)25-16/h1-9,11-12H,10H2,(H2,21,22,23). The predicted molar refractivity (Wildman–Crippen MR) is 104 cm³/mol. The number of benzene rings is 2. The van der Waals surface area contributed by atoms with E-state index in [0.717, 1.165) is 28.0 Å². The van der Waals surface area contributed by atoms with Crippen molar-refractivity contribution >= 4 is 28.0 Å². The number of nitrogen functional groups attached to an aromatic ring is 1. The number of para-hydroxylation sites is 2. The maximum absolute atomic E-state index is 5.90. The van der Waals surface area contributed by atoms with Crippen molar-refractivity contribution in [3.8, 4) is 11.3 Å². The van der Waals surface area contributed by atoms with Crippen molar-refractivity contribution in [3.05, 3.63) is 72.9 Å². The second-order valence-corrected chi connectivity index (χ2v) is 6.18. The van der Waals surface area contributed by atoms with Crippen molar-refractivity contribution in [1.29, 1.82) is 0 Å². The Bertz CT molecular complexity index is 1260. The summed E-state index contributed by atoms with van der Waals surface area (Å²) in [5.41, 5.74) is 11.6. The van der Waals surface area contributed by atoms with Crippen molar-refractivity contribution in [1.82, 2.24) is 29.5 Å². The maximum atomic E-state index is 5.90. The summed E-state index contributed by atoms with van der Waals surface area (Å²) in [4.78, 5) is 22.4. The van der Waals surface area contributed by atoms with Gasteiger partial charge in [-0.25, -0.2) is 24.9 Å². The highest BCUT2D eigenvalue weighted by Gasteiger charge is 2.14. The Morgan fingerprint density at radius 1 is 0.815 bits per heavy atom. The van der Waals surface area contributed by atoms with E-state index in [-0.39, 0.29) is 0 Å². The van der Waals surface area contributed by atoms with E-state index in [1.165, 1.54) is 6.33 Å². The van der Waals surface area contributed by atoms with Crippen LogP contribution in [0.5, 0.6) is 0 Å². The van der Waals surface area contributed by atoms with Crippen molar-refractivity contribution in [2.75, 3.05) is 5.73 Å². The number of aromatic nitrogens is 6. The Morgan fingerprint density at radius 2 is 1.56 bits per heavy atom. The van der Waals surface area contributed by atoms with Gasteiger partial charge >= 0.3 is 0 Å². The number of hydrogen-bond acceptors (Lipinski definition) is 6. The summed E-state index contributed by atoms with van der Waals surface area (Å²) in [5.74, 6) is 0.367. The molecule has 0 aliphatic rings. The molecule has 7 nitrogen and oxygen atoms in total. The van der Waals surface area contributed by atoms with Gasteiger partial charge in [0.05, 0.1) is 35.3 Å². The van der Waals surface area contributed by atoms with Gasteiger partial charge in [-0.05, 0) is 12.1 Å². The molecule has 5 aromatic rings. The van der Waals surface area contributed by atoms with Gasteiger partial charge in [0.25, 0.3) is 0 Å². The minimum Gasteiger partial charge on any atom is -0.382 e. The third-order valence-corrected chi connectivity index (χ3v) is 4.44. The lowest BCUT2D eigenvalue weighted by molar-refractivity contribution is 0.789. The van der Waals surface area contributed by atoms with Gasteiger partial charge in [0.1, 0.15) is 11.8 Å². The quantitative estimate of drug-likeness (QED) is 0.535. The summed E-state index contributed by atoms with van der Waals surface area (Å²) in [6.45, 7) is 0.481. The molecule has 0 saturated heterocycles. The fraction of sp³-hybridized carbons (Fsp3) is 0.0500. The molecule has 0 aliphatic carbocycles. The molecule has 0 saturated carbocycles. The largest absolute Gasteiger partial charge is 0.382 e. The van der Waals surface area contributed by atoms with E-state index < -0.39 is 0 Å². The van der Waals surface area contributed by atoms with E-state index >= 15 is 0 Å². The van der Waals surface area contributed by atoms with Crippen LogP contribution in [-0.2, 0) is 6.54 Å². The molecule has 130 valence electrons. The average molecular weight is 353 g/mol. The molecule has 0 spiro atoms. The number of nitrogens with zero attached hydrogens (tertiary/aromatic N) is 6. The first-order valence-electron chi connectivity index (χ1n) is 8.52. The summed E-state index contributed by atoms with van der Waals surface area (Å²) in [5, 5.41) is 0. The van der Waals surface area contributed by atoms with Gasteiger partial charge in [-0.15, -0.1) is 0 Å². The molecule has 0 amide bonds. The number of rotatable bonds is 3. The fourth-order valence-electron chi connectivity index (χ4n) is 3.15. The molecule has 0 aliphatic heterocycles. The van der Waals surface area contributed by atoms with Crippen LogP contribution in [0.1, 0.15) is 5.69 Å². The predicted octanol–water partition coefficient (Wildman–Crippen LogP) is 3.07. The molecule has 0 fully saturated rings. The van der Waals surface area contributed by atoms with E-state index in [4.69, 9.17) is 15.7 Å². The van der Waals surface area contributed by atoms with E-state index in [9.17, 15) is 0 Å². The van der Waals surface area contributed by atoms with Gasteiger partial charge < -0.3 is 10.3 Å². The zero-order chi connectivity index (χ0) is 18.2. The normalized spacial score (nSPS) is 11.3. The third kappa shape index (κ3) is 2.65. The summed E-state index contributed by atoms with van der Waals surface area (Å²) >= 11 is 0. The summed E-state index contributed by atoms with van der Waals surface area (Å²) in [7, 11) is 0. The van der Waals surface area contributed by atoms with Gasteiger partial charge in [0.15, 0.2) is 11.5 Å². The van der Waals surface area contributed by atoms with Crippen LogP contribution in [0.2, 0.25) is 0 Å². The van der Waals surface area contributed by atoms with Crippen LogP contribution < -0.4 is 5.73 Å². The zero-order valence-corrected chi connectivity index (χ0v) is 14.3. The van der Waals surface area contributed by atoms with Gasteiger partial charge in [-0.2, -0.15) is 0 Å². The topological polar surface area (TPSA) is 95.4 Å². The van der Waals surface area contributed by atoms with Crippen molar-refractivity contribution in [2.45, 2.75) is 6.54 Å². The van der Waals surface area contributed by atoms with Gasteiger partial charge in [0.2, 0.25) is 0 Å². The lowest BCUT2D eigenvalue weighted by Gasteiger charge is -2.11. The first-order chi connectivity index (χ1) is 13.3. The second kappa shape index (κ2) is 6.14. The molecule has 3 heterocycles. The SMILES string of the molecule is Nc1ncnc2c1ncn2Cc1nc2ccccc2nc1-c1ccccc1. The van der Waals surface area contributed by atoms with Crippen LogP contribution in [-0.4, -0.2) is 29.5 Å². The molecule has 2 N–H and O–H groups in total. The van der Waals surface area contributed by atoms with Gasteiger partial charge in [0, 0.05) is 5.56 Å². The molecule has 5 rings (SSSR count). The minimum absolute atomic E-state index is 0.367. The van der Waals surface area contributed by atoms with Crippen LogP contribution in [0.4, 0.5) is 5.82 Å². The highest BCUT2D eigenvalue weighted by molar-refractivity contribution is 5.81. The Labute approximate surface area is 154 Å². The Morgan fingerprint density at radius 3 is 2.37 bits per heavy atom. The van der Waals surface area contributed by atoms with Crippen LogP contribution in [0, 0.1) is 0 Å². The Hall–Kier alpha value is -3.87. The van der Waals surface area contributed by atoms with Gasteiger partial charge in [-0.3, -0.25) is 0 Å². The number of anilines is 1. The molecule has 27 heavy (non-hydrogen) atoms. The van der Waals surface area contributed by atoms with E-state index in [1.807, 2.05) is 59.2 Å². The molecule has 0 atom stereocenters. The first kappa shape index (κ1) is 15.4. The van der Waals surface area contributed by atoms with Crippen molar-refractivity contribution < 1.29 is 0 Å². The number of imidazole rings is 1. The first-order valence-corrected chi connectivity index (χ1v) is 8.52. The molecule has 0 bridgehead atoms. The Balaban J connectivity index is 1.70. The summed E-state index contributed by atoms with van der Waals surface area (Å²) in [6, 6.07) is 17.9. The molecule has 0 radical (unpaired) electrons. The smallest absolute Gasteiger partial charge is 0.165 e. The Kier molecular flexibility index (Phi) is 3.50. The molecular weight excluding hydrogens is 338 g/mol. The zero-order valence-electron chi connectivity index (χ0n) is 14.3. The number of nitrogens with two attached hydrogens (primary N) is 1. The fourth-order valence-corrected chi connectivity index (χ4v) is 3.15. The molecular formula is C20H15N7. The van der Waals surface area contributed by atoms with Gasteiger partial charge in [-0.1, -0.05) is 42.5 Å². The lowest BCUT2D eigenvalue weighted by atomic mass is 10.1. The molecule has 3 aromatic heterocycles. The molecule has 2 aromatic carbocycles. The number of fused-ring (bicyclic) bond motifs is 2.